The molecular weight excluding hydrogens is 366 g/mol. The number of aryl methyl sites for hydroxylation is 2. The van der Waals surface area contributed by atoms with E-state index in [1.54, 1.807) is 25.3 Å². The van der Waals surface area contributed by atoms with Crippen LogP contribution in [-0.2, 0) is 6.54 Å². The van der Waals surface area contributed by atoms with Crippen molar-refractivity contribution in [3.63, 3.8) is 0 Å². The second kappa shape index (κ2) is 9.96. The van der Waals surface area contributed by atoms with E-state index in [4.69, 9.17) is 9.47 Å². The maximum absolute atomic E-state index is 12.5. The van der Waals surface area contributed by atoms with Gasteiger partial charge in [-0.1, -0.05) is 25.5 Å². The minimum absolute atomic E-state index is 0.115. The Morgan fingerprint density at radius 3 is 2.76 bits per heavy atom. The summed E-state index contributed by atoms with van der Waals surface area (Å²) in [6, 6.07) is 13.4. The van der Waals surface area contributed by atoms with E-state index in [2.05, 4.69) is 27.9 Å². The molecule has 1 amide bonds. The van der Waals surface area contributed by atoms with E-state index >= 15 is 0 Å². The number of imidazole rings is 1. The van der Waals surface area contributed by atoms with Gasteiger partial charge in [0.25, 0.3) is 5.91 Å². The van der Waals surface area contributed by atoms with Gasteiger partial charge < -0.3 is 19.4 Å². The number of amides is 1. The van der Waals surface area contributed by atoms with Crippen LogP contribution in [0, 0.1) is 6.92 Å². The van der Waals surface area contributed by atoms with Gasteiger partial charge in [0, 0.05) is 18.7 Å². The van der Waals surface area contributed by atoms with Crippen LogP contribution in [0.3, 0.4) is 0 Å². The molecule has 0 saturated heterocycles. The lowest BCUT2D eigenvalue weighted by Crippen LogP contribution is -2.25. The predicted octanol–water partition coefficient (Wildman–Crippen LogP) is 4.35. The van der Waals surface area contributed by atoms with Crippen LogP contribution in [0.25, 0.3) is 11.0 Å². The summed E-state index contributed by atoms with van der Waals surface area (Å²) in [5.41, 5.74) is 2.69. The van der Waals surface area contributed by atoms with Crippen molar-refractivity contribution in [3.05, 3.63) is 53.9 Å². The van der Waals surface area contributed by atoms with Crippen LogP contribution < -0.4 is 14.8 Å². The van der Waals surface area contributed by atoms with Crippen LogP contribution in [-0.4, -0.2) is 35.7 Å². The smallest absolute Gasteiger partial charge is 0.251 e. The molecule has 1 aromatic heterocycles. The standard InChI is InChI=1S/C23H29N3O3/c1-4-5-15-29-21-12-11-18(16-22(21)28-3)23(27)24-13-8-14-26-17(2)25-19-9-6-7-10-20(19)26/h6-7,9-12,16H,4-5,8,13-15H2,1-3H3,(H,24,27). The van der Waals surface area contributed by atoms with Crippen molar-refractivity contribution in [2.75, 3.05) is 20.3 Å². The molecule has 29 heavy (non-hydrogen) atoms. The fourth-order valence-electron chi connectivity index (χ4n) is 3.27. The molecule has 0 unspecified atom stereocenters. The van der Waals surface area contributed by atoms with Gasteiger partial charge in [0.1, 0.15) is 5.82 Å². The second-order valence-corrected chi connectivity index (χ2v) is 6.98. The third-order valence-electron chi connectivity index (χ3n) is 4.87. The Labute approximate surface area is 171 Å². The summed E-state index contributed by atoms with van der Waals surface area (Å²) in [6.07, 6.45) is 2.87. The first-order valence-corrected chi connectivity index (χ1v) is 10.1. The number of carbonyl (C=O) groups excluding carboxylic acids is 1. The van der Waals surface area contributed by atoms with Crippen molar-refractivity contribution in [1.82, 2.24) is 14.9 Å². The number of aromatic nitrogens is 2. The Morgan fingerprint density at radius 2 is 1.97 bits per heavy atom. The third kappa shape index (κ3) is 5.08. The first-order chi connectivity index (χ1) is 14.1. The van der Waals surface area contributed by atoms with Gasteiger partial charge in [0.2, 0.25) is 0 Å². The molecule has 6 heteroatoms. The van der Waals surface area contributed by atoms with E-state index in [0.717, 1.165) is 42.7 Å². The van der Waals surface area contributed by atoms with E-state index in [9.17, 15) is 4.79 Å². The number of methoxy groups -OCH3 is 1. The Balaban J connectivity index is 1.54. The van der Waals surface area contributed by atoms with Crippen LogP contribution in [0.4, 0.5) is 0 Å². The summed E-state index contributed by atoms with van der Waals surface area (Å²) >= 11 is 0. The van der Waals surface area contributed by atoms with Crippen molar-refractivity contribution >= 4 is 16.9 Å². The number of hydrogen-bond acceptors (Lipinski definition) is 4. The molecule has 0 aliphatic carbocycles. The lowest BCUT2D eigenvalue weighted by Gasteiger charge is -2.12. The van der Waals surface area contributed by atoms with Crippen LogP contribution in [0.15, 0.2) is 42.5 Å². The quantitative estimate of drug-likeness (QED) is 0.518. The third-order valence-corrected chi connectivity index (χ3v) is 4.87. The molecule has 2 aromatic carbocycles. The molecule has 154 valence electrons. The van der Waals surface area contributed by atoms with Crippen LogP contribution >= 0.6 is 0 Å². The van der Waals surface area contributed by atoms with Crippen molar-refractivity contribution in [2.45, 2.75) is 39.7 Å². The maximum atomic E-state index is 12.5. The van der Waals surface area contributed by atoms with E-state index in [1.807, 2.05) is 25.1 Å². The maximum Gasteiger partial charge on any atom is 0.251 e. The molecule has 1 N–H and O–H groups in total. The average molecular weight is 396 g/mol. The highest BCUT2D eigenvalue weighted by atomic mass is 16.5. The number of fused-ring (bicyclic) bond motifs is 1. The van der Waals surface area contributed by atoms with Gasteiger partial charge in [-0.3, -0.25) is 4.79 Å². The minimum Gasteiger partial charge on any atom is -0.493 e. The van der Waals surface area contributed by atoms with Gasteiger partial charge in [0.15, 0.2) is 11.5 Å². The first kappa shape index (κ1) is 20.7. The number of rotatable bonds is 10. The van der Waals surface area contributed by atoms with Crippen LogP contribution in [0.2, 0.25) is 0 Å². The largest absolute Gasteiger partial charge is 0.493 e. The predicted molar refractivity (Wildman–Crippen MR) is 115 cm³/mol. The zero-order chi connectivity index (χ0) is 20.6. The molecule has 0 atom stereocenters. The summed E-state index contributed by atoms with van der Waals surface area (Å²) in [5.74, 6) is 2.12. The van der Waals surface area contributed by atoms with Gasteiger partial charge in [-0.2, -0.15) is 0 Å². The zero-order valence-electron chi connectivity index (χ0n) is 17.4. The Morgan fingerprint density at radius 1 is 1.14 bits per heavy atom. The first-order valence-electron chi connectivity index (χ1n) is 10.1. The molecule has 3 aromatic rings. The van der Waals surface area contributed by atoms with E-state index in [0.29, 0.717) is 30.2 Å². The van der Waals surface area contributed by atoms with Gasteiger partial charge in [-0.25, -0.2) is 4.98 Å². The normalized spacial score (nSPS) is 10.9. The number of benzene rings is 2. The van der Waals surface area contributed by atoms with E-state index in [1.165, 1.54) is 0 Å². The number of ether oxygens (including phenoxy) is 2. The van der Waals surface area contributed by atoms with E-state index in [-0.39, 0.29) is 5.91 Å². The fourth-order valence-corrected chi connectivity index (χ4v) is 3.27. The monoisotopic (exact) mass is 395 g/mol. The molecule has 3 rings (SSSR count). The molecule has 6 nitrogen and oxygen atoms in total. The summed E-state index contributed by atoms with van der Waals surface area (Å²) < 4.78 is 13.3. The lowest BCUT2D eigenvalue weighted by molar-refractivity contribution is 0.0952. The van der Waals surface area contributed by atoms with Crippen molar-refractivity contribution < 1.29 is 14.3 Å². The van der Waals surface area contributed by atoms with E-state index < -0.39 is 0 Å². The topological polar surface area (TPSA) is 65.4 Å². The van der Waals surface area contributed by atoms with Crippen LogP contribution in [0.1, 0.15) is 42.4 Å². The molecule has 0 spiro atoms. The number of hydrogen-bond donors (Lipinski definition) is 1. The minimum atomic E-state index is -0.115. The highest BCUT2D eigenvalue weighted by molar-refractivity contribution is 5.94. The molecule has 0 aliphatic rings. The van der Waals surface area contributed by atoms with Gasteiger partial charge >= 0.3 is 0 Å². The fraction of sp³-hybridized carbons (Fsp3) is 0.391. The summed E-state index contributed by atoms with van der Waals surface area (Å²) in [6.45, 7) is 6.16. The van der Waals surface area contributed by atoms with Crippen molar-refractivity contribution in [2.24, 2.45) is 0 Å². The van der Waals surface area contributed by atoms with Gasteiger partial charge in [0.05, 0.1) is 24.8 Å². The number of nitrogens with zero attached hydrogens (tertiary/aromatic N) is 2. The van der Waals surface area contributed by atoms with Crippen molar-refractivity contribution in [1.29, 1.82) is 0 Å². The highest BCUT2D eigenvalue weighted by Crippen LogP contribution is 2.28. The molecule has 0 aliphatic heterocycles. The summed E-state index contributed by atoms with van der Waals surface area (Å²) in [4.78, 5) is 17.1. The lowest BCUT2D eigenvalue weighted by atomic mass is 10.2. The number of carbonyl (C=O) groups is 1. The van der Waals surface area contributed by atoms with Gasteiger partial charge in [-0.15, -0.1) is 0 Å². The SMILES string of the molecule is CCCCOc1ccc(C(=O)NCCCn2c(C)nc3ccccc32)cc1OC. The second-order valence-electron chi connectivity index (χ2n) is 6.98. The Hall–Kier alpha value is -3.02. The summed E-state index contributed by atoms with van der Waals surface area (Å²) in [5, 5.41) is 2.98. The van der Waals surface area contributed by atoms with Crippen LogP contribution in [0.5, 0.6) is 11.5 Å². The highest BCUT2D eigenvalue weighted by Gasteiger charge is 2.11. The van der Waals surface area contributed by atoms with Gasteiger partial charge in [-0.05, 0) is 50.1 Å². The number of para-hydroxylation sites is 2. The Bertz CT molecular complexity index is 965. The molecule has 0 bridgehead atoms. The number of nitrogens with one attached hydrogen (secondary N) is 1. The van der Waals surface area contributed by atoms with Crippen molar-refractivity contribution in [3.8, 4) is 11.5 Å². The molecule has 1 heterocycles. The Kier molecular flexibility index (Phi) is 7.11. The number of unbranched alkanes of at least 4 members (excludes halogenated alkanes) is 1. The zero-order valence-corrected chi connectivity index (χ0v) is 17.4. The molecule has 0 fully saturated rings. The average Bonchev–Trinajstić information content (AvgIpc) is 3.06. The molecular formula is C23H29N3O3. The molecule has 0 saturated carbocycles. The summed E-state index contributed by atoms with van der Waals surface area (Å²) in [7, 11) is 1.58. The molecule has 0 radical (unpaired) electrons.